The molecule has 0 aliphatic heterocycles. The number of aliphatic hydroxyl groups excluding tert-OH is 1. The monoisotopic (exact) mass is 346 g/mol. The van der Waals surface area contributed by atoms with Crippen molar-refractivity contribution < 1.29 is 23.9 Å². The van der Waals surface area contributed by atoms with Crippen molar-refractivity contribution in [2.45, 2.75) is 0 Å². The summed E-state index contributed by atoms with van der Waals surface area (Å²) in [5, 5.41) is 10.2. The van der Waals surface area contributed by atoms with Gasteiger partial charge in [0.05, 0.1) is 11.1 Å². The van der Waals surface area contributed by atoms with E-state index in [2.05, 4.69) is 0 Å². The highest BCUT2D eigenvalue weighted by atomic mass is 19.1. The van der Waals surface area contributed by atoms with Gasteiger partial charge in [0, 0.05) is 22.3 Å². The van der Waals surface area contributed by atoms with Crippen molar-refractivity contribution >= 4 is 23.1 Å². The molecule has 5 heteroatoms. The predicted octanol–water partition coefficient (Wildman–Crippen LogP) is 4.01. The average Bonchev–Trinajstić information content (AvgIpc) is 3.03. The molecule has 0 spiro atoms. The molecule has 0 aromatic heterocycles. The normalized spacial score (nSPS) is 16.3. The van der Waals surface area contributed by atoms with Gasteiger partial charge in [-0.15, -0.1) is 0 Å². The van der Waals surface area contributed by atoms with Crippen LogP contribution in [0.25, 0.3) is 5.76 Å². The molecule has 2 aromatic carbocycles. The summed E-state index contributed by atoms with van der Waals surface area (Å²) < 4.78 is 14.4. The number of benzene rings is 2. The lowest BCUT2D eigenvalue weighted by molar-refractivity contribution is 0.0986. The van der Waals surface area contributed by atoms with Crippen LogP contribution in [0.2, 0.25) is 0 Å². The Balaban J connectivity index is 1.72. The predicted molar refractivity (Wildman–Crippen MR) is 92.7 cm³/mol. The van der Waals surface area contributed by atoms with Crippen molar-refractivity contribution in [1.29, 1.82) is 0 Å². The summed E-state index contributed by atoms with van der Waals surface area (Å²) in [6.45, 7) is 0. The number of hydrogen-bond acceptors (Lipinski definition) is 4. The molecule has 0 unspecified atom stereocenters. The largest absolute Gasteiger partial charge is 0.507 e. The molecule has 0 bridgehead atoms. The highest BCUT2D eigenvalue weighted by Gasteiger charge is 2.33. The number of Topliss-reactive ketones (excluding diaryl/α,β-unsaturated/α-hetero) is 3. The number of ketones is 3. The first kappa shape index (κ1) is 15.9. The van der Waals surface area contributed by atoms with E-state index in [9.17, 15) is 23.9 Å². The molecule has 2 aliphatic carbocycles. The van der Waals surface area contributed by atoms with E-state index in [4.69, 9.17) is 0 Å². The molecule has 0 fully saturated rings. The highest BCUT2D eigenvalue weighted by Crippen LogP contribution is 2.33. The molecule has 0 heterocycles. The maximum Gasteiger partial charge on any atom is 0.197 e. The molecule has 4 rings (SSSR count). The van der Waals surface area contributed by atoms with Crippen LogP contribution in [0.4, 0.5) is 4.39 Å². The third-order valence-electron chi connectivity index (χ3n) is 4.40. The number of carbonyl (C=O) groups excluding carboxylic acids is 3. The van der Waals surface area contributed by atoms with Crippen LogP contribution in [0, 0.1) is 0 Å². The molecule has 0 amide bonds. The SMILES string of the molecule is O=C1C(=CC(F)=CC2=C(O)c3ccccc3C2=O)C(=O)c2ccccc21. The molecule has 2 aliphatic rings. The van der Waals surface area contributed by atoms with Gasteiger partial charge in [0.1, 0.15) is 11.6 Å². The van der Waals surface area contributed by atoms with Gasteiger partial charge in [-0.1, -0.05) is 48.5 Å². The van der Waals surface area contributed by atoms with E-state index in [1.165, 1.54) is 18.2 Å². The lowest BCUT2D eigenvalue weighted by Gasteiger charge is -1.96. The molecule has 4 nitrogen and oxygen atoms in total. The third kappa shape index (κ3) is 2.25. The van der Waals surface area contributed by atoms with Gasteiger partial charge in [0.2, 0.25) is 0 Å². The molecule has 126 valence electrons. The van der Waals surface area contributed by atoms with E-state index in [-0.39, 0.29) is 33.6 Å². The van der Waals surface area contributed by atoms with Gasteiger partial charge >= 0.3 is 0 Å². The Morgan fingerprint density at radius 1 is 0.769 bits per heavy atom. The highest BCUT2D eigenvalue weighted by molar-refractivity contribution is 6.39. The van der Waals surface area contributed by atoms with Gasteiger partial charge in [-0.3, -0.25) is 14.4 Å². The number of rotatable bonds is 2. The van der Waals surface area contributed by atoms with Gasteiger partial charge < -0.3 is 5.11 Å². The van der Waals surface area contributed by atoms with Crippen LogP contribution >= 0.6 is 0 Å². The van der Waals surface area contributed by atoms with Crippen molar-refractivity contribution in [2.75, 3.05) is 0 Å². The van der Waals surface area contributed by atoms with Crippen molar-refractivity contribution in [3.05, 3.63) is 99.9 Å². The number of aliphatic hydroxyl groups is 1. The molecule has 0 saturated carbocycles. The Morgan fingerprint density at radius 2 is 1.23 bits per heavy atom. The van der Waals surface area contributed by atoms with E-state index in [1.807, 2.05) is 0 Å². The molecule has 0 radical (unpaired) electrons. The summed E-state index contributed by atoms with van der Waals surface area (Å²) in [4.78, 5) is 36.9. The summed E-state index contributed by atoms with van der Waals surface area (Å²) in [5.74, 6) is -2.93. The number of allylic oxidation sites excluding steroid dienone is 5. The Labute approximate surface area is 147 Å². The van der Waals surface area contributed by atoms with Crippen molar-refractivity contribution in [3.8, 4) is 0 Å². The second-order valence-electron chi connectivity index (χ2n) is 5.93. The van der Waals surface area contributed by atoms with Crippen molar-refractivity contribution in [3.63, 3.8) is 0 Å². The minimum atomic E-state index is -0.961. The number of fused-ring (bicyclic) bond motifs is 2. The van der Waals surface area contributed by atoms with Crippen LogP contribution < -0.4 is 0 Å². The van der Waals surface area contributed by atoms with E-state index in [0.717, 1.165) is 12.2 Å². The zero-order chi connectivity index (χ0) is 18.4. The minimum absolute atomic E-state index is 0.212. The summed E-state index contributed by atoms with van der Waals surface area (Å²) >= 11 is 0. The second kappa shape index (κ2) is 5.74. The first-order valence-corrected chi connectivity index (χ1v) is 7.83. The molecule has 0 atom stereocenters. The van der Waals surface area contributed by atoms with Crippen LogP contribution in [-0.2, 0) is 0 Å². The molecule has 1 N–H and O–H groups in total. The van der Waals surface area contributed by atoms with Crippen molar-refractivity contribution in [1.82, 2.24) is 0 Å². The summed E-state index contributed by atoms with van der Waals surface area (Å²) in [5.41, 5.74) is 0.534. The fraction of sp³-hybridized carbons (Fsp3) is 0. The van der Waals surface area contributed by atoms with Crippen LogP contribution in [0.1, 0.15) is 36.6 Å². The van der Waals surface area contributed by atoms with Gasteiger partial charge in [-0.2, -0.15) is 0 Å². The first-order valence-electron chi connectivity index (χ1n) is 7.83. The molecule has 0 saturated heterocycles. The van der Waals surface area contributed by atoms with E-state index >= 15 is 0 Å². The zero-order valence-corrected chi connectivity index (χ0v) is 13.3. The lowest BCUT2D eigenvalue weighted by Crippen LogP contribution is -2.01. The summed E-state index contributed by atoms with van der Waals surface area (Å²) in [6.07, 6.45) is 1.65. The average molecular weight is 346 g/mol. The first-order chi connectivity index (χ1) is 12.5. The molecular formula is C21H11FO4. The Morgan fingerprint density at radius 3 is 1.73 bits per heavy atom. The van der Waals surface area contributed by atoms with Crippen LogP contribution in [0.3, 0.4) is 0 Å². The summed E-state index contributed by atoms with van der Waals surface area (Å²) in [6, 6.07) is 12.6. The summed E-state index contributed by atoms with van der Waals surface area (Å²) in [7, 11) is 0. The van der Waals surface area contributed by atoms with Gasteiger partial charge in [0.15, 0.2) is 17.3 Å². The minimum Gasteiger partial charge on any atom is -0.507 e. The van der Waals surface area contributed by atoms with E-state index < -0.39 is 23.2 Å². The second-order valence-corrected chi connectivity index (χ2v) is 5.93. The lowest BCUT2D eigenvalue weighted by atomic mass is 10.1. The maximum absolute atomic E-state index is 14.4. The smallest absolute Gasteiger partial charge is 0.197 e. The Bertz CT molecular complexity index is 1070. The fourth-order valence-electron chi connectivity index (χ4n) is 3.14. The Hall–Kier alpha value is -3.60. The van der Waals surface area contributed by atoms with Crippen LogP contribution in [0.15, 0.2) is 77.7 Å². The zero-order valence-electron chi connectivity index (χ0n) is 13.3. The molecule has 2 aromatic rings. The van der Waals surface area contributed by atoms with Crippen LogP contribution in [-0.4, -0.2) is 22.5 Å². The fourth-order valence-corrected chi connectivity index (χ4v) is 3.14. The molecule has 26 heavy (non-hydrogen) atoms. The van der Waals surface area contributed by atoms with Crippen LogP contribution in [0.5, 0.6) is 0 Å². The van der Waals surface area contributed by atoms with E-state index in [1.54, 1.807) is 30.3 Å². The van der Waals surface area contributed by atoms with Gasteiger partial charge in [0.25, 0.3) is 0 Å². The van der Waals surface area contributed by atoms with E-state index in [0.29, 0.717) is 5.56 Å². The third-order valence-corrected chi connectivity index (χ3v) is 4.40. The molecular weight excluding hydrogens is 335 g/mol. The maximum atomic E-state index is 14.4. The number of halogens is 1. The standard InChI is InChI=1S/C21H11FO4/c22-11(9-16-18(23)12-5-1-2-6-13(12)19(16)24)10-17-20(25)14-7-3-4-8-15(14)21(17)26/h1-10,23H. The quantitative estimate of drug-likeness (QED) is 0.659. The van der Waals surface area contributed by atoms with Gasteiger partial charge in [-0.05, 0) is 12.2 Å². The van der Waals surface area contributed by atoms with Gasteiger partial charge in [-0.25, -0.2) is 4.39 Å². The van der Waals surface area contributed by atoms with Crippen molar-refractivity contribution in [2.24, 2.45) is 0 Å². The number of carbonyl (C=O) groups is 3. The topological polar surface area (TPSA) is 71.4 Å². The Kier molecular flexibility index (Phi) is 3.51. The number of hydrogen-bond donors (Lipinski definition) is 1.